The van der Waals surface area contributed by atoms with Crippen LogP contribution >= 0.6 is 11.6 Å². The molecular weight excluding hydrogens is 811 g/mol. The minimum absolute atomic E-state index is 0.0194. The van der Waals surface area contributed by atoms with Crippen LogP contribution in [-0.2, 0) is 37.3 Å². The first-order valence-electron chi connectivity index (χ1n) is 21.3. The number of hydrogen-bond donors (Lipinski definition) is 0. The van der Waals surface area contributed by atoms with Crippen molar-refractivity contribution in [2.75, 3.05) is 32.2 Å². The lowest BCUT2D eigenvalue weighted by Crippen LogP contribution is -2.63. The van der Waals surface area contributed by atoms with Crippen molar-refractivity contribution >= 4 is 35.3 Å². The summed E-state index contributed by atoms with van der Waals surface area (Å²) in [5, 5.41) is 0.117. The van der Waals surface area contributed by atoms with Gasteiger partial charge in [0, 0.05) is 35.2 Å². The maximum Gasteiger partial charge on any atom is 0.471 e. The molecule has 3 aliphatic rings. The van der Waals surface area contributed by atoms with E-state index in [9.17, 15) is 27.6 Å². The zero-order valence-corrected chi connectivity index (χ0v) is 37.3. The van der Waals surface area contributed by atoms with Gasteiger partial charge in [-0.15, -0.1) is 0 Å². The first-order valence-corrected chi connectivity index (χ1v) is 21.7. The number of amides is 2. The Morgan fingerprint density at radius 1 is 1.02 bits per heavy atom. The summed E-state index contributed by atoms with van der Waals surface area (Å²) in [7, 11) is 2.78. The number of methoxy groups -OCH3 is 1. The number of likely N-dealkylation sites (N-methyl/N-ethyl adjacent to an activating group) is 1. The largest absolute Gasteiger partial charge is 0.493 e. The van der Waals surface area contributed by atoms with Crippen LogP contribution in [0, 0.1) is 11.8 Å². The number of carbonyl (C=O) groups excluding carboxylic acids is 3. The van der Waals surface area contributed by atoms with Crippen molar-refractivity contribution in [3.63, 3.8) is 0 Å². The first kappa shape index (κ1) is 46.0. The van der Waals surface area contributed by atoms with Gasteiger partial charge in [-0.05, 0) is 156 Å². The van der Waals surface area contributed by atoms with Crippen LogP contribution in [0.2, 0.25) is 5.02 Å². The Labute approximate surface area is 362 Å². The summed E-state index contributed by atoms with van der Waals surface area (Å²) in [4.78, 5) is 46.8. The summed E-state index contributed by atoms with van der Waals surface area (Å²) >= 11 is 6.27. The molecule has 1 saturated carbocycles. The third kappa shape index (κ3) is 9.92. The number of aromatic nitrogens is 1. The molecule has 3 aromatic rings. The van der Waals surface area contributed by atoms with E-state index in [1.165, 1.54) is 34.7 Å². The minimum Gasteiger partial charge on any atom is -0.493 e. The standard InChI is InChI=1S/C47H59ClF3N3O7/c1-29(28-59-39-17-22-52-38-14-9-11-30(2)40(38)39)23-33-24-32-15-16-36(60-31(3)27-53(7)43(57)61-44(4,5)6)26-37(32)45(33)18-20-46(21-19-45,42(56)58-8)54(41(55)47(49,50)51)35-13-10-12-34(48)25-35/h10,12-13,15-17,22,25-26,29-31,33H,9,11,14,18-21,23-24,27-28H2,1-8H3/t29-,30-,31?,33+,45?,46?/m1/s1. The van der Waals surface area contributed by atoms with Crippen molar-refractivity contribution < 1.29 is 46.5 Å². The molecule has 10 nitrogen and oxygen atoms in total. The van der Waals surface area contributed by atoms with E-state index in [0.29, 0.717) is 29.6 Å². The molecule has 0 bridgehead atoms. The van der Waals surface area contributed by atoms with Crippen molar-refractivity contribution in [2.45, 2.75) is 134 Å². The molecule has 4 atom stereocenters. The SMILES string of the molecule is COC(=O)C1(N(C(=O)C(F)(F)F)c2cccc(Cl)c2)CCC2(CC1)c1cc(OC(C)CN(C)C(=O)OC(C)(C)C)ccc1C[C@@H]2C[C@@H](C)COc1ccnc2c1[C@H](C)CCC2. The van der Waals surface area contributed by atoms with Gasteiger partial charge in [0.15, 0.2) is 0 Å². The lowest BCUT2D eigenvalue weighted by Gasteiger charge is -2.51. The van der Waals surface area contributed by atoms with Crippen LogP contribution in [0.25, 0.3) is 0 Å². The number of carbonyl (C=O) groups is 3. The van der Waals surface area contributed by atoms with Crippen LogP contribution in [-0.4, -0.2) is 78.6 Å². The number of aryl methyl sites for hydroxylation is 1. The molecule has 332 valence electrons. The number of ether oxygens (including phenoxy) is 4. The topological polar surface area (TPSA) is 108 Å². The van der Waals surface area contributed by atoms with Gasteiger partial charge in [-0.1, -0.05) is 37.6 Å². The summed E-state index contributed by atoms with van der Waals surface area (Å²) in [6.45, 7) is 12.3. The molecule has 0 radical (unpaired) electrons. The van der Waals surface area contributed by atoms with E-state index < -0.39 is 46.8 Å². The van der Waals surface area contributed by atoms with Gasteiger partial charge in [-0.3, -0.25) is 14.7 Å². The van der Waals surface area contributed by atoms with Gasteiger partial charge in [-0.2, -0.15) is 13.2 Å². The van der Waals surface area contributed by atoms with Gasteiger partial charge in [0.1, 0.15) is 28.7 Å². The van der Waals surface area contributed by atoms with Gasteiger partial charge in [0.05, 0.1) is 20.3 Å². The molecule has 1 heterocycles. The number of alkyl halides is 3. The number of rotatable bonds is 12. The van der Waals surface area contributed by atoms with Gasteiger partial charge in [0.25, 0.3) is 0 Å². The summed E-state index contributed by atoms with van der Waals surface area (Å²) in [6, 6.07) is 13.5. The molecule has 0 N–H and O–H groups in total. The highest BCUT2D eigenvalue weighted by Crippen LogP contribution is 2.58. The Hall–Kier alpha value is -4.52. The second-order valence-corrected chi connectivity index (χ2v) is 18.9. The predicted octanol–water partition coefficient (Wildman–Crippen LogP) is 10.4. The molecule has 2 amide bonds. The Balaban J connectivity index is 1.32. The number of anilines is 1. The molecule has 3 aliphatic carbocycles. The molecule has 14 heteroatoms. The third-order valence-corrected chi connectivity index (χ3v) is 12.9. The number of fused-ring (bicyclic) bond motifs is 3. The summed E-state index contributed by atoms with van der Waals surface area (Å²) in [6.07, 6.45) is 0.530. The number of hydrogen-bond acceptors (Lipinski definition) is 8. The molecule has 0 saturated heterocycles. The lowest BCUT2D eigenvalue weighted by molar-refractivity contribution is -0.174. The number of nitrogens with zero attached hydrogens (tertiary/aromatic N) is 3. The zero-order valence-electron chi connectivity index (χ0n) is 36.5. The van der Waals surface area contributed by atoms with Crippen LogP contribution in [0.4, 0.5) is 23.7 Å². The molecule has 2 aromatic carbocycles. The van der Waals surface area contributed by atoms with Crippen LogP contribution in [0.5, 0.6) is 11.5 Å². The van der Waals surface area contributed by atoms with Gasteiger partial charge in [0.2, 0.25) is 0 Å². The molecular formula is C47H59ClF3N3O7. The Morgan fingerprint density at radius 2 is 1.74 bits per heavy atom. The highest BCUT2D eigenvalue weighted by Gasteiger charge is 2.60. The van der Waals surface area contributed by atoms with Crippen LogP contribution in [0.1, 0.15) is 115 Å². The van der Waals surface area contributed by atoms with Crippen molar-refractivity contribution in [1.82, 2.24) is 9.88 Å². The Morgan fingerprint density at radius 3 is 2.39 bits per heavy atom. The van der Waals surface area contributed by atoms with E-state index in [2.05, 4.69) is 18.8 Å². The van der Waals surface area contributed by atoms with Crippen molar-refractivity contribution in [3.8, 4) is 11.5 Å². The number of halogens is 4. The quantitative estimate of drug-likeness (QED) is 0.166. The van der Waals surface area contributed by atoms with Crippen LogP contribution < -0.4 is 14.4 Å². The normalized spacial score (nSPS) is 23.3. The average Bonchev–Trinajstić information content (AvgIpc) is 3.47. The molecule has 61 heavy (non-hydrogen) atoms. The monoisotopic (exact) mass is 869 g/mol. The van der Waals surface area contributed by atoms with Gasteiger partial charge in [-0.25, -0.2) is 9.59 Å². The van der Waals surface area contributed by atoms with Crippen LogP contribution in [0.3, 0.4) is 0 Å². The average molecular weight is 870 g/mol. The molecule has 1 spiro atoms. The van der Waals surface area contributed by atoms with E-state index in [0.717, 1.165) is 55.4 Å². The molecule has 0 aliphatic heterocycles. The smallest absolute Gasteiger partial charge is 0.471 e. The highest BCUT2D eigenvalue weighted by molar-refractivity contribution is 6.31. The number of pyridine rings is 1. The first-order chi connectivity index (χ1) is 28.7. The second-order valence-electron chi connectivity index (χ2n) is 18.4. The number of benzene rings is 2. The summed E-state index contributed by atoms with van der Waals surface area (Å²) in [5.41, 5.74) is 0.997. The summed E-state index contributed by atoms with van der Waals surface area (Å²) in [5.74, 6) is -1.20. The third-order valence-electron chi connectivity index (χ3n) is 12.7. The minimum atomic E-state index is -5.29. The van der Waals surface area contributed by atoms with Crippen LogP contribution in [0.15, 0.2) is 54.7 Å². The van der Waals surface area contributed by atoms with Crippen molar-refractivity contribution in [1.29, 1.82) is 0 Å². The maximum atomic E-state index is 14.5. The molecule has 1 fully saturated rings. The van der Waals surface area contributed by atoms with Gasteiger partial charge < -0.3 is 23.8 Å². The molecule has 1 unspecified atom stereocenters. The van der Waals surface area contributed by atoms with Crippen molar-refractivity contribution in [3.05, 3.63) is 82.1 Å². The zero-order chi connectivity index (χ0) is 44.5. The Bertz CT molecular complexity index is 2080. The predicted molar refractivity (Wildman–Crippen MR) is 227 cm³/mol. The van der Waals surface area contributed by atoms with E-state index in [4.69, 9.17) is 30.5 Å². The molecule has 6 rings (SSSR count). The fourth-order valence-corrected chi connectivity index (χ4v) is 10.2. The second kappa shape index (κ2) is 18.1. The fraction of sp³-hybridized carbons (Fsp3) is 0.574. The fourth-order valence-electron chi connectivity index (χ4n) is 9.98. The van der Waals surface area contributed by atoms with E-state index in [1.807, 2.05) is 31.2 Å². The number of esters is 1. The van der Waals surface area contributed by atoms with Crippen molar-refractivity contribution in [2.24, 2.45) is 11.8 Å². The van der Waals surface area contributed by atoms with E-state index in [-0.39, 0.29) is 54.8 Å². The highest BCUT2D eigenvalue weighted by atomic mass is 35.5. The van der Waals surface area contributed by atoms with E-state index in [1.54, 1.807) is 34.0 Å². The molecule has 1 aromatic heterocycles. The summed E-state index contributed by atoms with van der Waals surface area (Å²) < 4.78 is 67.2. The van der Waals surface area contributed by atoms with Gasteiger partial charge >= 0.3 is 24.1 Å². The maximum absolute atomic E-state index is 14.5. The lowest BCUT2D eigenvalue weighted by atomic mass is 9.59. The Kier molecular flexibility index (Phi) is 13.6. The van der Waals surface area contributed by atoms with E-state index >= 15 is 0 Å².